The molecule has 1 aromatic heterocycles. The lowest BCUT2D eigenvalue weighted by molar-refractivity contribution is -0.136. The average molecular weight is 568 g/mol. The summed E-state index contributed by atoms with van der Waals surface area (Å²) in [4.78, 5) is 26.0. The van der Waals surface area contributed by atoms with E-state index < -0.39 is 27.7 Å². The van der Waals surface area contributed by atoms with Crippen molar-refractivity contribution in [2.75, 3.05) is 0 Å². The molecule has 39 heavy (non-hydrogen) atoms. The number of nitrogens with one attached hydrogen (secondary N) is 1. The van der Waals surface area contributed by atoms with Crippen molar-refractivity contribution in [1.29, 1.82) is 0 Å². The molecule has 0 radical (unpaired) electrons. The monoisotopic (exact) mass is 567 g/mol. The topological polar surface area (TPSA) is 103 Å². The normalized spacial score (nSPS) is 12.4. The van der Waals surface area contributed by atoms with Crippen LogP contribution in [0.3, 0.4) is 0 Å². The molecule has 0 saturated heterocycles. The fraction of sp³-hybridized carbons (Fsp3) is 0.267. The summed E-state index contributed by atoms with van der Waals surface area (Å²) in [5.41, 5.74) is 2.84. The first-order valence-corrected chi connectivity index (χ1v) is 14.6. The number of hydrogen-bond donors (Lipinski definition) is 1. The third-order valence-corrected chi connectivity index (χ3v) is 8.32. The first-order chi connectivity index (χ1) is 18.6. The zero-order valence-electron chi connectivity index (χ0n) is 22.0. The number of hydrogen-bond acceptors (Lipinski definition) is 6. The summed E-state index contributed by atoms with van der Waals surface area (Å²) in [6, 6.07) is 17.7. The molecule has 0 unspecified atom stereocenters. The molecule has 0 amide bonds. The van der Waals surface area contributed by atoms with E-state index in [1.807, 2.05) is 51.1 Å². The Morgan fingerprint density at radius 2 is 1.74 bits per heavy atom. The first-order valence-electron chi connectivity index (χ1n) is 12.7. The van der Waals surface area contributed by atoms with E-state index in [9.17, 15) is 18.0 Å². The number of sulfonamides is 1. The van der Waals surface area contributed by atoms with Gasteiger partial charge < -0.3 is 9.15 Å². The lowest BCUT2D eigenvalue weighted by atomic mass is 9.99. The van der Waals surface area contributed by atoms with Crippen molar-refractivity contribution in [3.05, 3.63) is 104 Å². The summed E-state index contributed by atoms with van der Waals surface area (Å²) >= 11 is 6.49. The van der Waals surface area contributed by atoms with E-state index in [1.54, 1.807) is 18.2 Å². The Bertz CT molecular complexity index is 1650. The van der Waals surface area contributed by atoms with Gasteiger partial charge in [0.25, 0.3) is 0 Å². The van der Waals surface area contributed by atoms with Crippen molar-refractivity contribution >= 4 is 38.6 Å². The SMILES string of the molecule is CCCC[C@H](NS(=O)(=O)c1ccc(C)cc1)C(=O)Oc1cc2oc(=O)c(Cc3ccccc3)c(C)c2cc1Cl. The smallest absolute Gasteiger partial charge is 0.340 e. The van der Waals surface area contributed by atoms with E-state index in [0.717, 1.165) is 23.1 Å². The lowest BCUT2D eigenvalue weighted by Crippen LogP contribution is -2.43. The lowest BCUT2D eigenvalue weighted by Gasteiger charge is -2.18. The van der Waals surface area contributed by atoms with Crippen molar-refractivity contribution in [3.8, 4) is 5.75 Å². The van der Waals surface area contributed by atoms with Crippen molar-refractivity contribution in [2.45, 2.75) is 57.4 Å². The van der Waals surface area contributed by atoms with Gasteiger partial charge in [0.1, 0.15) is 11.6 Å². The molecule has 204 valence electrons. The van der Waals surface area contributed by atoms with Crippen LogP contribution in [0.1, 0.15) is 48.4 Å². The minimum atomic E-state index is -3.97. The minimum absolute atomic E-state index is 0.0245. The molecular formula is C30H30ClNO6S. The van der Waals surface area contributed by atoms with Gasteiger partial charge in [-0.05, 0) is 49.6 Å². The van der Waals surface area contributed by atoms with Crippen LogP contribution in [0.25, 0.3) is 11.0 Å². The quantitative estimate of drug-likeness (QED) is 0.141. The van der Waals surface area contributed by atoms with Crippen LogP contribution in [0, 0.1) is 13.8 Å². The predicted octanol–water partition coefficient (Wildman–Crippen LogP) is 6.10. The Morgan fingerprint density at radius 1 is 1.05 bits per heavy atom. The summed E-state index contributed by atoms with van der Waals surface area (Å²) in [5.74, 6) is -0.830. The van der Waals surface area contributed by atoms with Gasteiger partial charge in [-0.15, -0.1) is 0 Å². The maximum Gasteiger partial charge on any atom is 0.340 e. The Balaban J connectivity index is 1.61. The summed E-state index contributed by atoms with van der Waals surface area (Å²) in [5, 5.41) is 0.752. The van der Waals surface area contributed by atoms with Gasteiger partial charge in [0.05, 0.1) is 9.92 Å². The van der Waals surface area contributed by atoms with Crippen LogP contribution in [0.2, 0.25) is 5.02 Å². The number of fused-ring (bicyclic) bond motifs is 1. The van der Waals surface area contributed by atoms with Crippen molar-refractivity contribution in [2.24, 2.45) is 0 Å². The molecule has 0 spiro atoms. The number of esters is 1. The van der Waals surface area contributed by atoms with Crippen molar-refractivity contribution < 1.29 is 22.4 Å². The minimum Gasteiger partial charge on any atom is -0.424 e. The number of carbonyl (C=O) groups excluding carboxylic acids is 1. The molecule has 9 heteroatoms. The number of ether oxygens (including phenoxy) is 1. The van der Waals surface area contributed by atoms with Gasteiger partial charge in [0.2, 0.25) is 10.0 Å². The van der Waals surface area contributed by atoms with Crippen LogP contribution in [-0.4, -0.2) is 20.4 Å². The van der Waals surface area contributed by atoms with Crippen LogP contribution < -0.4 is 15.1 Å². The van der Waals surface area contributed by atoms with E-state index in [-0.39, 0.29) is 27.7 Å². The summed E-state index contributed by atoms with van der Waals surface area (Å²) < 4.78 is 39.5. The van der Waals surface area contributed by atoms with E-state index >= 15 is 0 Å². The van der Waals surface area contributed by atoms with Crippen LogP contribution in [0.5, 0.6) is 5.75 Å². The summed E-state index contributed by atoms with van der Waals surface area (Å²) in [6.45, 7) is 5.61. The fourth-order valence-electron chi connectivity index (χ4n) is 4.26. The number of benzene rings is 3. The highest BCUT2D eigenvalue weighted by Gasteiger charge is 2.28. The van der Waals surface area contributed by atoms with Gasteiger partial charge in [-0.3, -0.25) is 0 Å². The highest BCUT2D eigenvalue weighted by molar-refractivity contribution is 7.89. The zero-order chi connectivity index (χ0) is 28.2. The second-order valence-electron chi connectivity index (χ2n) is 9.48. The average Bonchev–Trinajstić information content (AvgIpc) is 2.91. The molecule has 7 nitrogen and oxygen atoms in total. The Morgan fingerprint density at radius 3 is 2.41 bits per heavy atom. The maximum absolute atomic E-state index is 13.2. The van der Waals surface area contributed by atoms with E-state index in [2.05, 4.69) is 4.72 Å². The molecule has 1 atom stereocenters. The van der Waals surface area contributed by atoms with Crippen LogP contribution in [0.4, 0.5) is 0 Å². The van der Waals surface area contributed by atoms with Crippen LogP contribution in [-0.2, 0) is 21.2 Å². The van der Waals surface area contributed by atoms with Crippen LogP contribution in [0.15, 0.2) is 80.8 Å². The van der Waals surface area contributed by atoms with E-state index in [1.165, 1.54) is 18.2 Å². The Hall–Kier alpha value is -3.46. The highest BCUT2D eigenvalue weighted by atomic mass is 35.5. The number of aryl methyl sites for hydroxylation is 2. The Labute approximate surface area is 232 Å². The molecule has 0 bridgehead atoms. The third kappa shape index (κ3) is 6.76. The molecule has 0 aliphatic heterocycles. The maximum atomic E-state index is 13.2. The van der Waals surface area contributed by atoms with Gasteiger partial charge in [0.15, 0.2) is 5.75 Å². The molecule has 1 heterocycles. The second kappa shape index (κ2) is 12.2. The van der Waals surface area contributed by atoms with E-state index in [4.69, 9.17) is 20.8 Å². The largest absolute Gasteiger partial charge is 0.424 e. The van der Waals surface area contributed by atoms with Gasteiger partial charge >= 0.3 is 11.6 Å². The van der Waals surface area contributed by atoms with Gasteiger partial charge in [0, 0.05) is 23.4 Å². The predicted molar refractivity (Wildman–Crippen MR) is 152 cm³/mol. The summed E-state index contributed by atoms with van der Waals surface area (Å²) in [6.07, 6.45) is 1.99. The molecule has 4 aromatic rings. The molecular weight excluding hydrogens is 538 g/mol. The third-order valence-electron chi connectivity index (χ3n) is 6.53. The first kappa shape index (κ1) is 28.5. The summed E-state index contributed by atoms with van der Waals surface area (Å²) in [7, 11) is -3.97. The molecule has 3 aromatic carbocycles. The van der Waals surface area contributed by atoms with E-state index in [0.29, 0.717) is 23.8 Å². The zero-order valence-corrected chi connectivity index (χ0v) is 23.6. The van der Waals surface area contributed by atoms with Gasteiger partial charge in [-0.1, -0.05) is 79.4 Å². The highest BCUT2D eigenvalue weighted by Crippen LogP contribution is 2.33. The molecule has 0 aliphatic rings. The Kier molecular flexibility index (Phi) is 8.90. The molecule has 1 N–H and O–H groups in total. The standard InChI is InChI=1S/C30H30ClNO6S/c1-4-5-11-26(32-39(35,36)22-14-12-19(2)13-15-22)30(34)38-28-18-27-23(17-25(28)31)20(3)24(29(33)37-27)16-21-9-7-6-8-10-21/h6-10,12-15,17-18,26,32H,4-5,11,16H2,1-3H3/t26-/m0/s1. The van der Waals surface area contributed by atoms with Gasteiger partial charge in [-0.25, -0.2) is 18.0 Å². The number of halogens is 1. The number of carbonyl (C=O) groups is 1. The number of rotatable bonds is 10. The van der Waals surface area contributed by atoms with Crippen LogP contribution >= 0.6 is 11.6 Å². The fourth-order valence-corrected chi connectivity index (χ4v) is 5.68. The second-order valence-corrected chi connectivity index (χ2v) is 11.6. The molecule has 0 fully saturated rings. The molecule has 0 aliphatic carbocycles. The van der Waals surface area contributed by atoms with Gasteiger partial charge in [-0.2, -0.15) is 4.72 Å². The van der Waals surface area contributed by atoms with Crippen molar-refractivity contribution in [3.63, 3.8) is 0 Å². The van der Waals surface area contributed by atoms with Crippen molar-refractivity contribution in [1.82, 2.24) is 4.72 Å². The number of unbranched alkanes of at least 4 members (excludes halogenated alkanes) is 1. The molecule has 0 saturated carbocycles. The molecule has 4 rings (SSSR count).